The Morgan fingerprint density at radius 2 is 1.88 bits per heavy atom. The Balaban J connectivity index is 2.21. The van der Waals surface area contributed by atoms with Crippen LogP contribution >= 0.6 is 0 Å². The van der Waals surface area contributed by atoms with E-state index in [1.165, 1.54) is 0 Å². The minimum Gasteiger partial charge on any atom is -0.464 e. The molecule has 2 rings (SSSR count). The molecule has 0 saturated carbocycles. The molecule has 1 N–H and O–H groups in total. The van der Waals surface area contributed by atoms with Gasteiger partial charge in [0.15, 0.2) is 0 Å². The number of hydrogen-bond donors (Lipinski definition) is 1. The summed E-state index contributed by atoms with van der Waals surface area (Å²) in [5, 5.41) is 11.3. The van der Waals surface area contributed by atoms with Crippen LogP contribution in [-0.4, -0.2) is 5.11 Å². The summed E-state index contributed by atoms with van der Waals surface area (Å²) < 4.78 is 5.46. The first kappa shape index (κ1) is 12.2. The van der Waals surface area contributed by atoms with Crippen molar-refractivity contribution in [3.63, 3.8) is 0 Å². The van der Waals surface area contributed by atoms with Gasteiger partial charge >= 0.3 is 0 Å². The summed E-state index contributed by atoms with van der Waals surface area (Å²) in [7, 11) is 0. The van der Waals surface area contributed by atoms with E-state index in [4.69, 9.17) is 4.42 Å². The molecule has 1 heterocycles. The van der Waals surface area contributed by atoms with Gasteiger partial charge in [0.1, 0.15) is 5.58 Å². The van der Waals surface area contributed by atoms with E-state index in [-0.39, 0.29) is 0 Å². The van der Waals surface area contributed by atoms with Gasteiger partial charge in [0.2, 0.25) is 0 Å². The zero-order chi connectivity index (χ0) is 12.3. The van der Waals surface area contributed by atoms with E-state index in [2.05, 4.69) is 13.8 Å². The molecule has 0 bridgehead atoms. The molecule has 0 spiro atoms. The fourth-order valence-corrected chi connectivity index (χ4v) is 2.32. The highest BCUT2D eigenvalue weighted by molar-refractivity contribution is 5.81. The number of rotatable bonds is 5. The SMILES string of the molecule is CCC(CC)CC(O)c1coc2ccccc12. The first-order chi connectivity index (χ1) is 8.26. The molecule has 2 aromatic rings. The fourth-order valence-electron chi connectivity index (χ4n) is 2.32. The molecule has 2 heteroatoms. The first-order valence-electron chi connectivity index (χ1n) is 6.40. The van der Waals surface area contributed by atoms with Crippen molar-refractivity contribution in [2.24, 2.45) is 5.92 Å². The molecule has 0 radical (unpaired) electrons. The lowest BCUT2D eigenvalue weighted by Gasteiger charge is -2.16. The molecule has 1 aromatic carbocycles. The maximum atomic E-state index is 10.3. The molecular weight excluding hydrogens is 212 g/mol. The maximum Gasteiger partial charge on any atom is 0.134 e. The molecule has 0 fully saturated rings. The van der Waals surface area contributed by atoms with Gasteiger partial charge in [-0.1, -0.05) is 44.9 Å². The van der Waals surface area contributed by atoms with Gasteiger partial charge in [-0.25, -0.2) is 0 Å². The fraction of sp³-hybridized carbons (Fsp3) is 0.467. The molecule has 0 aliphatic carbocycles. The molecule has 1 atom stereocenters. The third kappa shape index (κ3) is 2.52. The second-order valence-electron chi connectivity index (χ2n) is 4.62. The highest BCUT2D eigenvalue weighted by Gasteiger charge is 2.17. The van der Waals surface area contributed by atoms with E-state index in [1.54, 1.807) is 6.26 Å². The van der Waals surface area contributed by atoms with Gasteiger partial charge in [0.05, 0.1) is 12.4 Å². The third-order valence-corrected chi connectivity index (χ3v) is 3.58. The van der Waals surface area contributed by atoms with Gasteiger partial charge in [0, 0.05) is 10.9 Å². The van der Waals surface area contributed by atoms with Crippen LogP contribution < -0.4 is 0 Å². The largest absolute Gasteiger partial charge is 0.464 e. The zero-order valence-corrected chi connectivity index (χ0v) is 10.5. The molecule has 17 heavy (non-hydrogen) atoms. The Bertz CT molecular complexity index is 468. The summed E-state index contributed by atoms with van der Waals surface area (Å²) in [6.07, 6.45) is 4.32. The van der Waals surface area contributed by atoms with Gasteiger partial charge in [-0.05, 0) is 18.4 Å². The van der Waals surface area contributed by atoms with Crippen LogP contribution in [0.3, 0.4) is 0 Å². The quantitative estimate of drug-likeness (QED) is 0.834. The summed E-state index contributed by atoms with van der Waals surface area (Å²) in [5.41, 5.74) is 1.78. The summed E-state index contributed by atoms with van der Waals surface area (Å²) in [6.45, 7) is 4.35. The Hall–Kier alpha value is -1.28. The van der Waals surface area contributed by atoms with Crippen LogP contribution in [0.15, 0.2) is 34.9 Å². The molecule has 2 nitrogen and oxygen atoms in total. The smallest absolute Gasteiger partial charge is 0.134 e. The molecular formula is C15H20O2. The van der Waals surface area contributed by atoms with Crippen molar-refractivity contribution in [1.82, 2.24) is 0 Å². The number of furan rings is 1. The van der Waals surface area contributed by atoms with Gasteiger partial charge in [-0.15, -0.1) is 0 Å². The number of aliphatic hydroxyl groups is 1. The van der Waals surface area contributed by atoms with Crippen LogP contribution in [0.25, 0.3) is 11.0 Å². The number of para-hydroxylation sites is 1. The van der Waals surface area contributed by atoms with Gasteiger partial charge < -0.3 is 9.52 Å². The number of benzene rings is 1. The Labute approximate surface area is 102 Å². The van der Waals surface area contributed by atoms with Crippen LogP contribution in [0, 0.1) is 5.92 Å². The van der Waals surface area contributed by atoms with Crippen LogP contribution in [-0.2, 0) is 0 Å². The Morgan fingerprint density at radius 1 is 1.18 bits per heavy atom. The lowest BCUT2D eigenvalue weighted by Crippen LogP contribution is -2.05. The molecule has 0 saturated heterocycles. The van der Waals surface area contributed by atoms with E-state index in [9.17, 15) is 5.11 Å². The molecule has 0 aliphatic rings. The minimum atomic E-state index is -0.413. The second-order valence-corrected chi connectivity index (χ2v) is 4.62. The molecule has 0 amide bonds. The van der Waals surface area contributed by atoms with E-state index in [0.717, 1.165) is 35.8 Å². The monoisotopic (exact) mass is 232 g/mol. The molecule has 1 unspecified atom stereocenters. The first-order valence-corrected chi connectivity index (χ1v) is 6.40. The average molecular weight is 232 g/mol. The Morgan fingerprint density at radius 3 is 2.59 bits per heavy atom. The Kier molecular flexibility index (Phi) is 3.85. The van der Waals surface area contributed by atoms with Crippen molar-refractivity contribution >= 4 is 11.0 Å². The van der Waals surface area contributed by atoms with Crippen molar-refractivity contribution in [2.75, 3.05) is 0 Å². The van der Waals surface area contributed by atoms with Gasteiger partial charge in [0.25, 0.3) is 0 Å². The predicted molar refractivity (Wildman–Crippen MR) is 69.9 cm³/mol. The third-order valence-electron chi connectivity index (χ3n) is 3.58. The topological polar surface area (TPSA) is 33.4 Å². The van der Waals surface area contributed by atoms with Crippen LogP contribution in [0.2, 0.25) is 0 Å². The lowest BCUT2D eigenvalue weighted by molar-refractivity contribution is 0.141. The highest BCUT2D eigenvalue weighted by Crippen LogP contribution is 2.31. The van der Waals surface area contributed by atoms with Crippen LogP contribution in [0.4, 0.5) is 0 Å². The van der Waals surface area contributed by atoms with Crippen LogP contribution in [0.1, 0.15) is 44.8 Å². The number of aliphatic hydroxyl groups excluding tert-OH is 1. The minimum absolute atomic E-state index is 0.413. The number of hydrogen-bond acceptors (Lipinski definition) is 2. The molecule has 0 aliphatic heterocycles. The summed E-state index contributed by atoms with van der Waals surface area (Å²) in [5.74, 6) is 0.582. The van der Waals surface area contributed by atoms with Gasteiger partial charge in [-0.3, -0.25) is 0 Å². The number of fused-ring (bicyclic) bond motifs is 1. The van der Waals surface area contributed by atoms with Crippen molar-refractivity contribution in [2.45, 2.75) is 39.2 Å². The van der Waals surface area contributed by atoms with E-state index in [0.29, 0.717) is 5.92 Å². The van der Waals surface area contributed by atoms with Crippen molar-refractivity contribution in [3.05, 3.63) is 36.1 Å². The van der Waals surface area contributed by atoms with E-state index < -0.39 is 6.10 Å². The summed E-state index contributed by atoms with van der Waals surface area (Å²) in [4.78, 5) is 0. The summed E-state index contributed by atoms with van der Waals surface area (Å²) >= 11 is 0. The summed E-state index contributed by atoms with van der Waals surface area (Å²) in [6, 6.07) is 7.86. The lowest BCUT2D eigenvalue weighted by atomic mass is 9.93. The second kappa shape index (κ2) is 5.37. The normalized spacial score (nSPS) is 13.4. The molecule has 92 valence electrons. The van der Waals surface area contributed by atoms with Crippen molar-refractivity contribution in [3.8, 4) is 0 Å². The standard InChI is InChI=1S/C15H20O2/c1-3-11(4-2)9-14(16)13-10-17-15-8-6-5-7-12(13)15/h5-8,10-11,14,16H,3-4,9H2,1-2H3. The van der Waals surface area contributed by atoms with E-state index >= 15 is 0 Å². The van der Waals surface area contributed by atoms with Gasteiger partial charge in [-0.2, -0.15) is 0 Å². The van der Waals surface area contributed by atoms with Crippen molar-refractivity contribution < 1.29 is 9.52 Å². The van der Waals surface area contributed by atoms with Crippen LogP contribution in [0.5, 0.6) is 0 Å². The zero-order valence-electron chi connectivity index (χ0n) is 10.5. The predicted octanol–water partition coefficient (Wildman–Crippen LogP) is 4.29. The average Bonchev–Trinajstić information content (AvgIpc) is 2.79. The van der Waals surface area contributed by atoms with E-state index in [1.807, 2.05) is 24.3 Å². The maximum absolute atomic E-state index is 10.3. The molecule has 1 aromatic heterocycles. The van der Waals surface area contributed by atoms with Crippen molar-refractivity contribution in [1.29, 1.82) is 0 Å². The highest BCUT2D eigenvalue weighted by atomic mass is 16.3.